The Labute approximate surface area is 233 Å². The van der Waals surface area contributed by atoms with Crippen LogP contribution in [-0.4, -0.2) is 52.7 Å². The van der Waals surface area contributed by atoms with E-state index in [0.29, 0.717) is 17.7 Å². The zero-order chi connectivity index (χ0) is 29.2. The minimum Gasteiger partial charge on any atom is -0.444 e. The number of hydrogen-bond donors (Lipinski definition) is 3. The first-order chi connectivity index (χ1) is 18.4. The predicted octanol–water partition coefficient (Wildman–Crippen LogP) is 5.59. The topological polar surface area (TPSA) is 108 Å². The molecule has 2 aromatic carbocycles. The second-order valence-corrected chi connectivity index (χ2v) is 11.0. The molecule has 2 unspecified atom stereocenters. The molecule has 2 atom stereocenters. The minimum atomic E-state index is -1.27. The average Bonchev–Trinajstić information content (AvgIpc) is 2.85. The average molecular weight is 540 g/mol. The summed E-state index contributed by atoms with van der Waals surface area (Å²) >= 11 is 0. The van der Waals surface area contributed by atoms with E-state index in [4.69, 9.17) is 4.74 Å². The van der Waals surface area contributed by atoms with Gasteiger partial charge in [0.15, 0.2) is 0 Å². The number of rotatable bonds is 12. The number of nitrogens with one attached hydrogen (secondary N) is 2. The number of para-hydroxylation sites is 1. The smallest absolute Gasteiger partial charge is 0.408 e. The van der Waals surface area contributed by atoms with Gasteiger partial charge in [-0.05, 0) is 70.7 Å². The van der Waals surface area contributed by atoms with E-state index in [0.717, 1.165) is 36.0 Å². The number of alkyl carbamates (subject to hydrolysis) is 1. The molecule has 0 saturated heterocycles. The first kappa shape index (κ1) is 31.8. The van der Waals surface area contributed by atoms with Crippen molar-refractivity contribution in [1.29, 1.82) is 0 Å². The van der Waals surface area contributed by atoms with E-state index in [9.17, 15) is 19.5 Å². The Bertz CT molecular complexity index is 1130. The minimum absolute atomic E-state index is 0.282. The molecule has 0 radical (unpaired) electrons. The van der Waals surface area contributed by atoms with E-state index >= 15 is 0 Å². The molecule has 0 saturated carbocycles. The van der Waals surface area contributed by atoms with Gasteiger partial charge >= 0.3 is 6.09 Å². The summed E-state index contributed by atoms with van der Waals surface area (Å²) in [7, 11) is 0. The molecular formula is C31H45N3O5. The van der Waals surface area contributed by atoms with Crippen molar-refractivity contribution in [3.63, 3.8) is 0 Å². The van der Waals surface area contributed by atoms with Crippen LogP contribution in [0.2, 0.25) is 0 Å². The molecule has 8 heteroatoms. The van der Waals surface area contributed by atoms with Crippen LogP contribution in [0.1, 0.15) is 81.7 Å². The number of ether oxygens (including phenoxy) is 1. The highest BCUT2D eigenvalue weighted by atomic mass is 16.6. The number of aliphatic hydroxyl groups excluding tert-OH is 1. The van der Waals surface area contributed by atoms with Crippen molar-refractivity contribution in [3.8, 4) is 0 Å². The lowest BCUT2D eigenvalue weighted by Gasteiger charge is -2.35. The summed E-state index contributed by atoms with van der Waals surface area (Å²) in [6.45, 7) is 12.7. The molecule has 214 valence electrons. The van der Waals surface area contributed by atoms with Crippen molar-refractivity contribution in [2.24, 2.45) is 0 Å². The number of aliphatic hydroxyl groups is 1. The van der Waals surface area contributed by atoms with Crippen LogP contribution in [0.15, 0.2) is 42.5 Å². The molecule has 0 fully saturated rings. The second kappa shape index (κ2) is 14.7. The van der Waals surface area contributed by atoms with Crippen LogP contribution in [0, 0.1) is 20.8 Å². The fourth-order valence-corrected chi connectivity index (χ4v) is 4.41. The number of unbranched alkanes of at least 4 members (excludes halogenated alkanes) is 3. The molecule has 0 aliphatic heterocycles. The number of carbonyl (C=O) groups is 3. The second-order valence-electron chi connectivity index (χ2n) is 11.0. The first-order valence-corrected chi connectivity index (χ1v) is 13.7. The molecule has 3 N–H and O–H groups in total. The standard InChI is InChI=1S/C31H45N3O5/c1-8-9-10-13-18-34(29(37)26(20-35)33-30(38)39-31(5,6)7)27(24-17-16-21(2)19-23(24)4)28(36)32-25-15-12-11-14-22(25)3/h11-12,14-17,19,26-27,35H,8-10,13,18,20H2,1-7H3,(H,32,36)(H,33,38). The molecule has 0 aliphatic carbocycles. The normalized spacial score (nSPS) is 12.8. The molecule has 0 heterocycles. The maximum Gasteiger partial charge on any atom is 0.408 e. The van der Waals surface area contributed by atoms with Crippen molar-refractivity contribution in [1.82, 2.24) is 10.2 Å². The van der Waals surface area contributed by atoms with Crippen LogP contribution in [0.5, 0.6) is 0 Å². The monoisotopic (exact) mass is 539 g/mol. The third-order valence-corrected chi connectivity index (χ3v) is 6.39. The molecule has 0 bridgehead atoms. The van der Waals surface area contributed by atoms with Gasteiger partial charge in [-0.1, -0.05) is 68.1 Å². The lowest BCUT2D eigenvalue weighted by atomic mass is 9.96. The zero-order valence-corrected chi connectivity index (χ0v) is 24.5. The number of nitrogens with zero attached hydrogens (tertiary/aromatic N) is 1. The third-order valence-electron chi connectivity index (χ3n) is 6.39. The Morgan fingerprint density at radius 2 is 1.67 bits per heavy atom. The van der Waals surface area contributed by atoms with Crippen LogP contribution in [0.25, 0.3) is 0 Å². The largest absolute Gasteiger partial charge is 0.444 e. The molecule has 0 spiro atoms. The van der Waals surface area contributed by atoms with Gasteiger partial charge in [-0.3, -0.25) is 9.59 Å². The van der Waals surface area contributed by atoms with Gasteiger partial charge in [-0.15, -0.1) is 0 Å². The molecular weight excluding hydrogens is 494 g/mol. The maximum absolute atomic E-state index is 14.0. The summed E-state index contributed by atoms with van der Waals surface area (Å²) in [4.78, 5) is 41.9. The van der Waals surface area contributed by atoms with E-state index in [-0.39, 0.29) is 12.5 Å². The quantitative estimate of drug-likeness (QED) is 0.305. The highest BCUT2D eigenvalue weighted by molar-refractivity contribution is 5.99. The summed E-state index contributed by atoms with van der Waals surface area (Å²) < 4.78 is 5.32. The van der Waals surface area contributed by atoms with Gasteiger partial charge in [-0.2, -0.15) is 0 Å². The zero-order valence-electron chi connectivity index (χ0n) is 24.5. The fourth-order valence-electron chi connectivity index (χ4n) is 4.41. The van der Waals surface area contributed by atoms with E-state index in [1.165, 1.54) is 4.90 Å². The number of anilines is 1. The van der Waals surface area contributed by atoms with Gasteiger partial charge in [0.05, 0.1) is 6.61 Å². The van der Waals surface area contributed by atoms with Gasteiger partial charge in [0.1, 0.15) is 17.7 Å². The molecule has 0 aliphatic rings. The predicted molar refractivity (Wildman–Crippen MR) is 155 cm³/mol. The van der Waals surface area contributed by atoms with Gasteiger partial charge in [0.25, 0.3) is 5.91 Å². The third kappa shape index (κ3) is 9.70. The van der Waals surface area contributed by atoms with Crippen LogP contribution in [0.4, 0.5) is 10.5 Å². The van der Waals surface area contributed by atoms with Gasteiger partial charge in [0, 0.05) is 12.2 Å². The van der Waals surface area contributed by atoms with Crippen molar-refractivity contribution >= 4 is 23.6 Å². The van der Waals surface area contributed by atoms with Gasteiger partial charge in [0.2, 0.25) is 5.91 Å². The molecule has 2 aromatic rings. The molecule has 2 rings (SSSR count). The highest BCUT2D eigenvalue weighted by Gasteiger charge is 2.36. The van der Waals surface area contributed by atoms with Crippen molar-refractivity contribution < 1.29 is 24.2 Å². The van der Waals surface area contributed by atoms with Crippen LogP contribution < -0.4 is 10.6 Å². The summed E-state index contributed by atoms with van der Waals surface area (Å²) in [5, 5.41) is 15.6. The Balaban J connectivity index is 2.53. The van der Waals surface area contributed by atoms with Crippen LogP contribution in [0.3, 0.4) is 0 Å². The van der Waals surface area contributed by atoms with Crippen molar-refractivity contribution in [2.75, 3.05) is 18.5 Å². The summed E-state index contributed by atoms with van der Waals surface area (Å²) in [6.07, 6.45) is 2.74. The Morgan fingerprint density at radius 3 is 2.26 bits per heavy atom. The maximum atomic E-state index is 14.0. The van der Waals surface area contributed by atoms with E-state index in [2.05, 4.69) is 17.6 Å². The highest BCUT2D eigenvalue weighted by Crippen LogP contribution is 2.29. The SMILES string of the molecule is CCCCCCN(C(=O)C(CO)NC(=O)OC(C)(C)C)C(C(=O)Nc1ccccc1C)c1ccc(C)cc1C. The summed E-state index contributed by atoms with van der Waals surface area (Å²) in [5.74, 6) is -0.918. The van der Waals surface area contributed by atoms with Gasteiger partial charge < -0.3 is 25.4 Å². The van der Waals surface area contributed by atoms with E-state index in [1.54, 1.807) is 20.8 Å². The van der Waals surface area contributed by atoms with Gasteiger partial charge in [-0.25, -0.2) is 4.79 Å². The number of hydrogen-bond acceptors (Lipinski definition) is 5. The lowest BCUT2D eigenvalue weighted by Crippen LogP contribution is -2.54. The summed E-state index contributed by atoms with van der Waals surface area (Å²) in [5.41, 5.74) is 3.36. The molecule has 0 aromatic heterocycles. The number of carbonyl (C=O) groups excluding carboxylic acids is 3. The van der Waals surface area contributed by atoms with Crippen molar-refractivity contribution in [3.05, 3.63) is 64.7 Å². The molecule has 39 heavy (non-hydrogen) atoms. The number of aryl methyl sites for hydroxylation is 3. The Morgan fingerprint density at radius 1 is 0.974 bits per heavy atom. The van der Waals surface area contributed by atoms with E-state index in [1.807, 2.05) is 63.2 Å². The Hall–Kier alpha value is -3.39. The van der Waals surface area contributed by atoms with Crippen molar-refractivity contribution in [2.45, 2.75) is 91.8 Å². The van der Waals surface area contributed by atoms with E-state index < -0.39 is 36.3 Å². The number of benzene rings is 2. The fraction of sp³-hybridized carbons (Fsp3) is 0.516. The lowest BCUT2D eigenvalue weighted by molar-refractivity contribution is -0.141. The molecule has 8 nitrogen and oxygen atoms in total. The summed E-state index contributed by atoms with van der Waals surface area (Å²) in [6, 6.07) is 11.0. The first-order valence-electron chi connectivity index (χ1n) is 13.7. The van der Waals surface area contributed by atoms with Crippen LogP contribution >= 0.6 is 0 Å². The van der Waals surface area contributed by atoms with Crippen LogP contribution in [-0.2, 0) is 14.3 Å². The Kier molecular flexibility index (Phi) is 12.0. The molecule has 3 amide bonds. The number of amides is 3.